The molecule has 8 nitrogen and oxygen atoms in total. The molecule has 38 heavy (non-hydrogen) atoms. The van der Waals surface area contributed by atoms with Gasteiger partial charge in [0.1, 0.15) is 5.75 Å². The predicted octanol–water partition coefficient (Wildman–Crippen LogP) is 5.25. The van der Waals surface area contributed by atoms with Gasteiger partial charge < -0.3 is 28.8 Å². The Morgan fingerprint density at radius 2 is 2.08 bits per heavy atom. The normalized spacial score (nSPS) is 16.5. The van der Waals surface area contributed by atoms with Crippen LogP contribution in [0, 0.1) is 13.8 Å². The highest BCUT2D eigenvalue weighted by Gasteiger charge is 2.52. The van der Waals surface area contributed by atoms with Crippen molar-refractivity contribution in [2.75, 3.05) is 33.5 Å². The second-order valence-corrected chi connectivity index (χ2v) is 9.77. The van der Waals surface area contributed by atoms with Crippen LogP contribution in [0.5, 0.6) is 17.2 Å². The van der Waals surface area contributed by atoms with Crippen molar-refractivity contribution in [3.63, 3.8) is 0 Å². The number of ether oxygens (including phenoxy) is 4. The minimum atomic E-state index is -0.512. The van der Waals surface area contributed by atoms with Crippen molar-refractivity contribution >= 4 is 22.6 Å². The first-order valence-corrected chi connectivity index (χ1v) is 12.7. The van der Waals surface area contributed by atoms with Crippen molar-refractivity contribution in [3.05, 3.63) is 65.8 Å². The van der Waals surface area contributed by atoms with E-state index in [-0.39, 0.29) is 17.2 Å². The van der Waals surface area contributed by atoms with E-state index in [0.717, 1.165) is 18.7 Å². The van der Waals surface area contributed by atoms with Gasteiger partial charge in [-0.15, -0.1) is 0 Å². The van der Waals surface area contributed by atoms with Crippen LogP contribution in [0.1, 0.15) is 36.2 Å². The number of aromatic nitrogens is 2. The average Bonchev–Trinajstić information content (AvgIpc) is 3.20. The van der Waals surface area contributed by atoms with Gasteiger partial charge in [-0.2, -0.15) is 0 Å². The van der Waals surface area contributed by atoms with Gasteiger partial charge in [0.15, 0.2) is 23.1 Å². The number of aryl methyl sites for hydroxylation is 2. The molecule has 0 atom stereocenters. The fraction of sp³-hybridized carbons (Fsp3) is 0.379. The second kappa shape index (κ2) is 10.5. The number of amides is 1. The number of likely N-dealkylation sites (tertiary alicyclic amines) is 1. The standard InChI is InChI=1S/C29H32FN3O5/c1-5-23(28(30)20-13-18(2)32-19(20)3)38-24-8-10-31-22-15-26(25(35-4)14-21(22)24)37-12-6-7-27(34)33-11-9-29(33)16-36-17-29/h5,8,10,13-15,32H,1,6-7,9,11-12,16-17H2,2-4H3/b28-23-. The Kier molecular flexibility index (Phi) is 7.12. The third-order valence-corrected chi connectivity index (χ3v) is 7.20. The van der Waals surface area contributed by atoms with E-state index >= 15 is 4.39 Å². The van der Waals surface area contributed by atoms with Gasteiger partial charge in [-0.05, 0) is 51.0 Å². The monoisotopic (exact) mass is 521 g/mol. The van der Waals surface area contributed by atoms with Gasteiger partial charge in [-0.3, -0.25) is 9.78 Å². The first-order chi connectivity index (χ1) is 18.3. The van der Waals surface area contributed by atoms with E-state index in [0.29, 0.717) is 72.1 Å². The number of nitrogens with one attached hydrogen (secondary N) is 1. The number of halogens is 1. The van der Waals surface area contributed by atoms with Crippen molar-refractivity contribution in [2.45, 2.75) is 38.6 Å². The number of aromatic amines is 1. The van der Waals surface area contributed by atoms with E-state index < -0.39 is 5.83 Å². The van der Waals surface area contributed by atoms with Crippen LogP contribution in [0.3, 0.4) is 0 Å². The zero-order valence-electron chi connectivity index (χ0n) is 21.9. The minimum Gasteiger partial charge on any atom is -0.493 e. The number of carbonyl (C=O) groups is 1. The van der Waals surface area contributed by atoms with Gasteiger partial charge in [0.2, 0.25) is 5.91 Å². The Hall–Kier alpha value is -3.85. The van der Waals surface area contributed by atoms with Gasteiger partial charge in [-0.1, -0.05) is 6.58 Å². The van der Waals surface area contributed by atoms with Crippen molar-refractivity contribution in [3.8, 4) is 17.2 Å². The van der Waals surface area contributed by atoms with Crippen LogP contribution in [0.25, 0.3) is 16.7 Å². The van der Waals surface area contributed by atoms with E-state index in [1.807, 2.05) is 11.8 Å². The molecule has 0 aliphatic carbocycles. The predicted molar refractivity (Wildman–Crippen MR) is 142 cm³/mol. The van der Waals surface area contributed by atoms with E-state index in [1.165, 1.54) is 6.08 Å². The maximum absolute atomic E-state index is 15.3. The molecule has 1 aromatic carbocycles. The van der Waals surface area contributed by atoms with Crippen LogP contribution in [0.4, 0.5) is 4.39 Å². The van der Waals surface area contributed by atoms with Crippen molar-refractivity contribution in [2.24, 2.45) is 0 Å². The lowest BCUT2D eigenvalue weighted by Crippen LogP contribution is -2.72. The van der Waals surface area contributed by atoms with Gasteiger partial charge >= 0.3 is 0 Å². The Balaban J connectivity index is 1.30. The molecule has 2 aliphatic rings. The molecule has 0 saturated carbocycles. The van der Waals surface area contributed by atoms with Crippen LogP contribution >= 0.6 is 0 Å². The number of pyridine rings is 1. The summed E-state index contributed by atoms with van der Waals surface area (Å²) < 4.78 is 38.1. The Bertz CT molecular complexity index is 1400. The summed E-state index contributed by atoms with van der Waals surface area (Å²) in [4.78, 5) is 22.0. The topological polar surface area (TPSA) is 85.9 Å². The molecule has 9 heteroatoms. The summed E-state index contributed by atoms with van der Waals surface area (Å²) in [5.41, 5.74) is 2.53. The summed E-state index contributed by atoms with van der Waals surface area (Å²) in [7, 11) is 1.55. The van der Waals surface area contributed by atoms with E-state index in [4.69, 9.17) is 18.9 Å². The van der Waals surface area contributed by atoms with Crippen LogP contribution in [-0.4, -0.2) is 59.8 Å². The molecule has 2 saturated heterocycles. The van der Waals surface area contributed by atoms with Crippen molar-refractivity contribution < 1.29 is 28.1 Å². The zero-order chi connectivity index (χ0) is 26.9. The molecule has 200 valence electrons. The Morgan fingerprint density at radius 3 is 2.68 bits per heavy atom. The fourth-order valence-corrected chi connectivity index (χ4v) is 4.98. The number of rotatable bonds is 10. The summed E-state index contributed by atoms with van der Waals surface area (Å²) >= 11 is 0. The number of carbonyl (C=O) groups excluding carboxylic acids is 1. The highest BCUT2D eigenvalue weighted by atomic mass is 19.1. The Labute approximate surface area is 221 Å². The van der Waals surface area contributed by atoms with Crippen molar-refractivity contribution in [1.29, 1.82) is 0 Å². The largest absolute Gasteiger partial charge is 0.493 e. The summed E-state index contributed by atoms with van der Waals surface area (Å²) in [5.74, 6) is 1.03. The summed E-state index contributed by atoms with van der Waals surface area (Å²) in [6.07, 6.45) is 4.94. The van der Waals surface area contributed by atoms with Gasteiger partial charge in [0.05, 0.1) is 38.0 Å². The molecule has 5 rings (SSSR count). The van der Waals surface area contributed by atoms with Gasteiger partial charge in [-0.25, -0.2) is 4.39 Å². The summed E-state index contributed by atoms with van der Waals surface area (Å²) in [6, 6.07) is 6.90. The lowest BCUT2D eigenvalue weighted by Gasteiger charge is -2.57. The van der Waals surface area contributed by atoms with Crippen LogP contribution in [0.2, 0.25) is 0 Å². The molecule has 1 N–H and O–H groups in total. The van der Waals surface area contributed by atoms with Crippen LogP contribution in [-0.2, 0) is 9.53 Å². The number of H-pyrrole nitrogens is 1. The van der Waals surface area contributed by atoms with Crippen LogP contribution in [0.15, 0.2) is 48.9 Å². The van der Waals surface area contributed by atoms with Gasteiger partial charge in [0, 0.05) is 47.6 Å². The van der Waals surface area contributed by atoms with E-state index in [9.17, 15) is 4.79 Å². The molecular weight excluding hydrogens is 489 g/mol. The summed E-state index contributed by atoms with van der Waals surface area (Å²) in [5, 5.41) is 0.631. The maximum atomic E-state index is 15.3. The minimum absolute atomic E-state index is 0.000932. The van der Waals surface area contributed by atoms with E-state index in [1.54, 1.807) is 44.5 Å². The first-order valence-electron chi connectivity index (χ1n) is 12.7. The molecule has 2 aliphatic heterocycles. The highest BCUT2D eigenvalue weighted by molar-refractivity contribution is 5.88. The molecule has 0 bridgehead atoms. The summed E-state index contributed by atoms with van der Waals surface area (Å²) in [6.45, 7) is 9.84. The van der Waals surface area contributed by atoms with Crippen LogP contribution < -0.4 is 14.2 Å². The smallest absolute Gasteiger partial charge is 0.223 e. The fourth-order valence-electron chi connectivity index (χ4n) is 4.98. The highest BCUT2D eigenvalue weighted by Crippen LogP contribution is 2.39. The number of allylic oxidation sites excluding steroid dienone is 1. The lowest BCUT2D eigenvalue weighted by molar-refractivity contribution is -0.199. The SMILES string of the molecule is C=C/C(Oc1ccnc2cc(OCCCC(=O)N3CCC34COC4)c(OC)cc12)=C(/F)c1cc(C)[nH]c1C. The lowest BCUT2D eigenvalue weighted by atomic mass is 9.82. The van der Waals surface area contributed by atoms with E-state index in [2.05, 4.69) is 16.5 Å². The molecule has 0 unspecified atom stereocenters. The first kappa shape index (κ1) is 25.8. The molecule has 3 aromatic rings. The van der Waals surface area contributed by atoms with Gasteiger partial charge in [0.25, 0.3) is 0 Å². The molecule has 2 fully saturated rings. The molecule has 0 radical (unpaired) electrons. The molecule has 1 amide bonds. The third-order valence-electron chi connectivity index (χ3n) is 7.20. The number of methoxy groups -OCH3 is 1. The number of hydrogen-bond donors (Lipinski definition) is 1. The number of hydrogen-bond acceptors (Lipinski definition) is 6. The average molecular weight is 522 g/mol. The molecule has 2 aromatic heterocycles. The molecule has 4 heterocycles. The zero-order valence-corrected chi connectivity index (χ0v) is 21.9. The number of fused-ring (bicyclic) bond motifs is 1. The molecular formula is C29H32FN3O5. The second-order valence-electron chi connectivity index (χ2n) is 9.77. The quantitative estimate of drug-likeness (QED) is 0.223. The van der Waals surface area contributed by atoms with Crippen molar-refractivity contribution in [1.82, 2.24) is 14.9 Å². The maximum Gasteiger partial charge on any atom is 0.223 e. The Morgan fingerprint density at radius 1 is 1.26 bits per heavy atom. The number of benzene rings is 1. The third kappa shape index (κ3) is 4.74. The molecule has 1 spiro atoms. The number of nitrogens with zero attached hydrogens (tertiary/aromatic N) is 2.